The lowest BCUT2D eigenvalue weighted by atomic mass is 10.2. The highest BCUT2D eigenvalue weighted by Crippen LogP contribution is 2.28. The van der Waals surface area contributed by atoms with E-state index in [0.29, 0.717) is 0 Å². The van der Waals surface area contributed by atoms with Crippen molar-refractivity contribution in [1.82, 2.24) is 0 Å². The van der Waals surface area contributed by atoms with Crippen molar-refractivity contribution in [2.24, 2.45) is 0 Å². The predicted molar refractivity (Wildman–Crippen MR) is 105 cm³/mol. The smallest absolute Gasteiger partial charge is 0.331 e. The Morgan fingerprint density at radius 1 is 1.00 bits per heavy atom. The minimum Gasteiger partial charge on any atom is -0.452 e. The van der Waals surface area contributed by atoms with E-state index in [1.807, 2.05) is 42.5 Å². The second kappa shape index (κ2) is 8.91. The Bertz CT molecular complexity index is 966. The number of carbonyl (C=O) groups is 2. The molecule has 0 unspecified atom stereocenters. The molecule has 1 heterocycles. The van der Waals surface area contributed by atoms with Crippen molar-refractivity contribution >= 4 is 35.0 Å². The molecule has 0 spiro atoms. The summed E-state index contributed by atoms with van der Waals surface area (Å²) in [6, 6.07) is 19.6. The molecule has 6 heteroatoms. The van der Waals surface area contributed by atoms with Crippen molar-refractivity contribution in [3.8, 4) is 10.4 Å². The molecule has 0 aliphatic carbocycles. The van der Waals surface area contributed by atoms with Crippen molar-refractivity contribution in [2.75, 3.05) is 11.9 Å². The van der Waals surface area contributed by atoms with E-state index >= 15 is 0 Å². The van der Waals surface area contributed by atoms with Crippen LogP contribution in [0.2, 0.25) is 0 Å². The predicted octanol–water partition coefficient (Wildman–Crippen LogP) is 4.75. The fourth-order valence-corrected chi connectivity index (χ4v) is 3.20. The Morgan fingerprint density at radius 2 is 1.74 bits per heavy atom. The molecule has 0 atom stereocenters. The molecule has 0 fully saturated rings. The standard InChI is InChI=1S/C21H16FNO3S/c22-17-8-4-5-9-18(17)23-20(24)14-26-21(25)13-11-16-10-12-19(27-16)15-6-2-1-3-7-15/h1-13H,14H2,(H,23,24)/b13-11+. The minimum absolute atomic E-state index is 0.0427. The maximum atomic E-state index is 13.4. The molecule has 0 saturated heterocycles. The first-order chi connectivity index (χ1) is 13.1. The molecule has 1 amide bonds. The van der Waals surface area contributed by atoms with Gasteiger partial charge in [-0.25, -0.2) is 9.18 Å². The van der Waals surface area contributed by atoms with Crippen molar-refractivity contribution in [3.63, 3.8) is 0 Å². The summed E-state index contributed by atoms with van der Waals surface area (Å²) in [5, 5.41) is 2.35. The highest BCUT2D eigenvalue weighted by Gasteiger charge is 2.08. The second-order valence-corrected chi connectivity index (χ2v) is 6.65. The first-order valence-electron chi connectivity index (χ1n) is 8.16. The van der Waals surface area contributed by atoms with E-state index in [-0.39, 0.29) is 5.69 Å². The van der Waals surface area contributed by atoms with Crippen molar-refractivity contribution in [1.29, 1.82) is 0 Å². The number of esters is 1. The Hall–Kier alpha value is -3.25. The van der Waals surface area contributed by atoms with E-state index in [0.717, 1.165) is 15.3 Å². The van der Waals surface area contributed by atoms with Crippen molar-refractivity contribution in [3.05, 3.63) is 83.5 Å². The van der Waals surface area contributed by atoms with E-state index in [1.165, 1.54) is 24.3 Å². The SMILES string of the molecule is O=C(COC(=O)/C=C/c1ccc(-c2ccccc2)s1)Nc1ccccc1F. The highest BCUT2D eigenvalue weighted by atomic mass is 32.1. The van der Waals surface area contributed by atoms with Gasteiger partial charge in [0.25, 0.3) is 5.91 Å². The summed E-state index contributed by atoms with van der Waals surface area (Å²) in [7, 11) is 0. The fraction of sp³-hybridized carbons (Fsp3) is 0.0476. The van der Waals surface area contributed by atoms with Gasteiger partial charge in [-0.05, 0) is 35.9 Å². The molecule has 0 saturated carbocycles. The molecule has 0 aliphatic rings. The number of carbonyl (C=O) groups excluding carboxylic acids is 2. The molecular formula is C21H16FNO3S. The summed E-state index contributed by atoms with van der Waals surface area (Å²) in [5.41, 5.74) is 1.15. The van der Waals surface area contributed by atoms with E-state index in [2.05, 4.69) is 5.32 Å². The van der Waals surface area contributed by atoms with Gasteiger partial charge in [-0.3, -0.25) is 4.79 Å². The van der Waals surface area contributed by atoms with E-state index in [1.54, 1.807) is 23.5 Å². The topological polar surface area (TPSA) is 55.4 Å². The van der Waals surface area contributed by atoms with Gasteiger partial charge in [0.05, 0.1) is 5.69 Å². The summed E-state index contributed by atoms with van der Waals surface area (Å²) in [4.78, 5) is 25.5. The van der Waals surface area contributed by atoms with Crippen LogP contribution in [0.3, 0.4) is 0 Å². The van der Waals surface area contributed by atoms with Crippen LogP contribution in [0.4, 0.5) is 10.1 Å². The lowest BCUT2D eigenvalue weighted by molar-refractivity contribution is -0.142. The maximum absolute atomic E-state index is 13.4. The van der Waals surface area contributed by atoms with E-state index < -0.39 is 24.3 Å². The average molecular weight is 381 g/mol. The summed E-state index contributed by atoms with van der Waals surface area (Å²) >= 11 is 1.54. The van der Waals surface area contributed by atoms with Crippen LogP contribution in [-0.2, 0) is 14.3 Å². The number of thiophene rings is 1. The number of amides is 1. The van der Waals surface area contributed by atoms with Crippen LogP contribution >= 0.6 is 11.3 Å². The third-order valence-corrected chi connectivity index (χ3v) is 4.66. The van der Waals surface area contributed by atoms with Crippen molar-refractivity contribution < 1.29 is 18.7 Å². The van der Waals surface area contributed by atoms with Gasteiger partial charge in [0, 0.05) is 15.8 Å². The monoisotopic (exact) mass is 381 g/mol. The number of rotatable bonds is 6. The van der Waals surface area contributed by atoms with Gasteiger partial charge in [0.1, 0.15) is 5.82 Å². The zero-order valence-corrected chi connectivity index (χ0v) is 15.0. The van der Waals surface area contributed by atoms with Crippen molar-refractivity contribution in [2.45, 2.75) is 0 Å². The minimum atomic E-state index is -0.645. The molecule has 136 valence electrons. The molecule has 4 nitrogen and oxygen atoms in total. The van der Waals surface area contributed by atoms with Crippen LogP contribution in [0.15, 0.2) is 72.8 Å². The summed E-state index contributed by atoms with van der Waals surface area (Å²) in [5.74, 6) is -1.80. The quantitative estimate of drug-likeness (QED) is 0.495. The molecule has 2 aromatic carbocycles. The molecule has 0 aliphatic heterocycles. The summed E-state index contributed by atoms with van der Waals surface area (Å²) in [6.45, 7) is -0.489. The van der Waals surface area contributed by atoms with Gasteiger partial charge in [-0.2, -0.15) is 0 Å². The first kappa shape index (κ1) is 18.5. The van der Waals surface area contributed by atoms with Crippen LogP contribution in [0.1, 0.15) is 4.88 Å². The third-order valence-electron chi connectivity index (χ3n) is 3.56. The molecule has 27 heavy (non-hydrogen) atoms. The molecule has 3 rings (SSSR count). The zero-order chi connectivity index (χ0) is 19.1. The summed E-state index contributed by atoms with van der Waals surface area (Å²) < 4.78 is 18.3. The third kappa shape index (κ3) is 5.36. The zero-order valence-electron chi connectivity index (χ0n) is 14.2. The van der Waals surface area contributed by atoms with E-state index in [4.69, 9.17) is 4.74 Å². The highest BCUT2D eigenvalue weighted by molar-refractivity contribution is 7.16. The van der Waals surface area contributed by atoms with Crippen LogP contribution in [0.25, 0.3) is 16.5 Å². The number of halogens is 1. The first-order valence-corrected chi connectivity index (χ1v) is 8.98. The Labute approximate surface area is 159 Å². The van der Waals surface area contributed by atoms with Gasteiger partial charge in [0.15, 0.2) is 6.61 Å². The van der Waals surface area contributed by atoms with Crippen LogP contribution in [0, 0.1) is 5.82 Å². The Kier molecular flexibility index (Phi) is 6.12. The molecule has 3 aromatic rings. The molecule has 1 aromatic heterocycles. The van der Waals surface area contributed by atoms with Gasteiger partial charge in [0.2, 0.25) is 0 Å². The molecule has 0 radical (unpaired) electrons. The molecular weight excluding hydrogens is 365 g/mol. The molecule has 0 bridgehead atoms. The van der Waals surface area contributed by atoms with E-state index in [9.17, 15) is 14.0 Å². The largest absolute Gasteiger partial charge is 0.452 e. The Morgan fingerprint density at radius 3 is 2.52 bits per heavy atom. The molecule has 1 N–H and O–H groups in total. The fourth-order valence-electron chi connectivity index (χ4n) is 2.28. The van der Waals surface area contributed by atoms with Crippen LogP contribution in [0.5, 0.6) is 0 Å². The number of anilines is 1. The lowest BCUT2D eigenvalue weighted by Crippen LogP contribution is -2.20. The number of ether oxygens (including phenoxy) is 1. The number of hydrogen-bond acceptors (Lipinski definition) is 4. The van der Waals surface area contributed by atoms with Gasteiger partial charge < -0.3 is 10.1 Å². The normalized spacial score (nSPS) is 10.7. The second-order valence-electron chi connectivity index (χ2n) is 5.54. The van der Waals surface area contributed by atoms with Crippen LogP contribution in [-0.4, -0.2) is 18.5 Å². The number of para-hydroxylation sites is 1. The lowest BCUT2D eigenvalue weighted by Gasteiger charge is -2.05. The maximum Gasteiger partial charge on any atom is 0.331 e. The van der Waals surface area contributed by atoms with Gasteiger partial charge in [-0.1, -0.05) is 42.5 Å². The number of benzene rings is 2. The van der Waals surface area contributed by atoms with Gasteiger partial charge in [-0.15, -0.1) is 11.3 Å². The summed E-state index contributed by atoms with van der Waals surface area (Å²) in [6.07, 6.45) is 2.89. The van der Waals surface area contributed by atoms with Gasteiger partial charge >= 0.3 is 5.97 Å². The number of hydrogen-bond donors (Lipinski definition) is 1. The Balaban J connectivity index is 1.50. The van der Waals surface area contributed by atoms with Crippen LogP contribution < -0.4 is 5.32 Å². The number of nitrogens with one attached hydrogen (secondary N) is 1. The average Bonchev–Trinajstić information content (AvgIpc) is 3.16.